The Hall–Kier alpha value is -1.40. The van der Waals surface area contributed by atoms with Crippen LogP contribution in [0.15, 0.2) is 35.2 Å². The molecule has 1 saturated heterocycles. The molecule has 0 atom stereocenters. The van der Waals surface area contributed by atoms with E-state index >= 15 is 0 Å². The maximum atomic E-state index is 12.7. The highest BCUT2D eigenvalue weighted by Gasteiger charge is 2.33. The Morgan fingerprint density at radius 2 is 1.46 bits per heavy atom. The van der Waals surface area contributed by atoms with E-state index in [1.165, 1.54) is 23.6 Å². The van der Waals surface area contributed by atoms with Gasteiger partial charge in [0.1, 0.15) is 6.10 Å². The molecule has 1 aromatic carbocycles. The van der Waals surface area contributed by atoms with Crippen LogP contribution >= 0.6 is 0 Å². The Labute approximate surface area is 156 Å². The van der Waals surface area contributed by atoms with Crippen molar-refractivity contribution >= 4 is 16.0 Å². The number of rotatable bonds is 4. The van der Waals surface area contributed by atoms with Crippen LogP contribution in [0.1, 0.15) is 57.8 Å². The summed E-state index contributed by atoms with van der Waals surface area (Å²) in [4.78, 5) is 12.8. The smallest absolute Gasteiger partial charge is 0.309 e. The van der Waals surface area contributed by atoms with E-state index in [9.17, 15) is 13.2 Å². The number of piperidine rings is 1. The number of nitrogens with zero attached hydrogens (tertiary/aromatic N) is 1. The zero-order valence-electron chi connectivity index (χ0n) is 15.3. The van der Waals surface area contributed by atoms with Gasteiger partial charge in [0.15, 0.2) is 0 Å². The van der Waals surface area contributed by atoms with Crippen LogP contribution in [0.4, 0.5) is 0 Å². The molecule has 1 heterocycles. The number of benzene rings is 1. The average Bonchev–Trinajstić information content (AvgIpc) is 2.64. The molecule has 144 valence electrons. The molecule has 0 radical (unpaired) electrons. The van der Waals surface area contributed by atoms with Crippen LogP contribution in [-0.2, 0) is 19.6 Å². The Morgan fingerprint density at radius 1 is 0.885 bits per heavy atom. The van der Waals surface area contributed by atoms with Gasteiger partial charge in [-0.25, -0.2) is 8.42 Å². The number of carbonyl (C=O) groups is 1. The number of carbonyl (C=O) groups excluding carboxylic acids is 1. The molecule has 0 aromatic heterocycles. The Morgan fingerprint density at radius 3 is 2.08 bits per heavy atom. The standard InChI is InChI=1S/C20H29NO4S/c22-20(25-18-9-5-2-1-3-6-10-18)17-13-15-21(16-14-17)26(23,24)19-11-7-4-8-12-19/h4,7-8,11-12,17-18H,1-3,5-6,9-10,13-16H2. The van der Waals surface area contributed by atoms with E-state index < -0.39 is 10.0 Å². The van der Waals surface area contributed by atoms with Gasteiger partial charge in [-0.05, 0) is 50.7 Å². The van der Waals surface area contributed by atoms with Crippen LogP contribution in [-0.4, -0.2) is 37.9 Å². The predicted octanol–water partition coefficient (Wildman–Crippen LogP) is 3.74. The second kappa shape index (κ2) is 9.00. The fourth-order valence-corrected chi connectivity index (χ4v) is 5.36. The molecule has 2 aliphatic rings. The zero-order chi connectivity index (χ0) is 18.4. The summed E-state index contributed by atoms with van der Waals surface area (Å²) >= 11 is 0. The third-order valence-electron chi connectivity index (χ3n) is 5.50. The van der Waals surface area contributed by atoms with Crippen molar-refractivity contribution < 1.29 is 17.9 Å². The minimum absolute atomic E-state index is 0.0499. The molecule has 6 heteroatoms. The van der Waals surface area contributed by atoms with Crippen molar-refractivity contribution in [3.63, 3.8) is 0 Å². The summed E-state index contributed by atoms with van der Waals surface area (Å²) < 4.78 is 32.6. The first-order valence-electron chi connectivity index (χ1n) is 9.83. The topological polar surface area (TPSA) is 63.7 Å². The van der Waals surface area contributed by atoms with Crippen molar-refractivity contribution in [2.75, 3.05) is 13.1 Å². The van der Waals surface area contributed by atoms with Crippen molar-refractivity contribution in [1.82, 2.24) is 4.31 Å². The fourth-order valence-electron chi connectivity index (χ4n) is 3.87. The van der Waals surface area contributed by atoms with Crippen molar-refractivity contribution in [1.29, 1.82) is 0 Å². The lowest BCUT2D eigenvalue weighted by Crippen LogP contribution is -2.41. The van der Waals surface area contributed by atoms with Gasteiger partial charge >= 0.3 is 5.97 Å². The first-order chi connectivity index (χ1) is 12.6. The molecular weight excluding hydrogens is 350 g/mol. The summed E-state index contributed by atoms with van der Waals surface area (Å²) in [6, 6.07) is 8.49. The first-order valence-corrected chi connectivity index (χ1v) is 11.3. The molecule has 1 saturated carbocycles. The summed E-state index contributed by atoms with van der Waals surface area (Å²) in [6.45, 7) is 0.753. The summed E-state index contributed by atoms with van der Waals surface area (Å²) in [5, 5.41) is 0. The number of hydrogen-bond acceptors (Lipinski definition) is 4. The molecule has 0 spiro atoms. The molecule has 1 aliphatic carbocycles. The molecule has 5 nitrogen and oxygen atoms in total. The maximum absolute atomic E-state index is 12.7. The van der Waals surface area contributed by atoms with Crippen molar-refractivity contribution in [2.45, 2.75) is 68.8 Å². The monoisotopic (exact) mass is 379 g/mol. The maximum Gasteiger partial charge on any atom is 0.309 e. The minimum atomic E-state index is -3.47. The number of esters is 1. The van der Waals surface area contributed by atoms with Crippen LogP contribution in [0.5, 0.6) is 0 Å². The van der Waals surface area contributed by atoms with Gasteiger partial charge in [-0.1, -0.05) is 37.5 Å². The normalized spacial score (nSPS) is 21.7. The minimum Gasteiger partial charge on any atom is -0.462 e. The highest BCUT2D eigenvalue weighted by atomic mass is 32.2. The van der Waals surface area contributed by atoms with Gasteiger partial charge in [0.25, 0.3) is 0 Å². The lowest BCUT2D eigenvalue weighted by atomic mass is 9.96. The summed E-state index contributed by atoms with van der Waals surface area (Å²) in [5.41, 5.74) is 0. The van der Waals surface area contributed by atoms with Gasteiger partial charge in [0, 0.05) is 13.1 Å². The van der Waals surface area contributed by atoms with Gasteiger partial charge in [0.2, 0.25) is 10.0 Å². The number of sulfonamides is 1. The summed E-state index contributed by atoms with van der Waals surface area (Å²) in [6.07, 6.45) is 9.06. The quantitative estimate of drug-likeness (QED) is 0.748. The molecule has 2 fully saturated rings. The van der Waals surface area contributed by atoms with E-state index in [0.717, 1.165) is 25.7 Å². The van der Waals surface area contributed by atoms with E-state index in [1.54, 1.807) is 30.3 Å². The lowest BCUT2D eigenvalue weighted by molar-refractivity contribution is -0.156. The first kappa shape index (κ1) is 19.4. The molecule has 26 heavy (non-hydrogen) atoms. The van der Waals surface area contributed by atoms with Crippen molar-refractivity contribution in [3.05, 3.63) is 30.3 Å². The predicted molar refractivity (Wildman–Crippen MR) is 100 cm³/mol. The molecule has 1 aromatic rings. The van der Waals surface area contributed by atoms with E-state index in [-0.39, 0.29) is 18.0 Å². The van der Waals surface area contributed by atoms with Gasteiger partial charge in [-0.15, -0.1) is 0 Å². The second-order valence-electron chi connectivity index (χ2n) is 7.40. The molecule has 1 aliphatic heterocycles. The van der Waals surface area contributed by atoms with Gasteiger partial charge in [0.05, 0.1) is 10.8 Å². The molecule has 0 amide bonds. The Balaban J connectivity index is 1.52. The SMILES string of the molecule is O=C(OC1CCCCCCC1)C1CCN(S(=O)(=O)c2ccccc2)CC1. The van der Waals surface area contributed by atoms with Crippen LogP contribution in [0.3, 0.4) is 0 Å². The highest BCUT2D eigenvalue weighted by Crippen LogP contribution is 2.26. The summed E-state index contributed by atoms with van der Waals surface area (Å²) in [7, 11) is -3.47. The largest absolute Gasteiger partial charge is 0.462 e. The van der Waals surface area contributed by atoms with Crippen LogP contribution in [0, 0.1) is 5.92 Å². The Kier molecular flexibility index (Phi) is 6.70. The van der Waals surface area contributed by atoms with E-state index in [4.69, 9.17) is 4.74 Å². The average molecular weight is 380 g/mol. The second-order valence-corrected chi connectivity index (χ2v) is 9.33. The molecule has 3 rings (SSSR count). The highest BCUT2D eigenvalue weighted by molar-refractivity contribution is 7.89. The fraction of sp³-hybridized carbons (Fsp3) is 0.650. The van der Waals surface area contributed by atoms with Crippen LogP contribution in [0.2, 0.25) is 0 Å². The van der Waals surface area contributed by atoms with E-state index in [0.29, 0.717) is 30.8 Å². The lowest BCUT2D eigenvalue weighted by Gasteiger charge is -2.31. The van der Waals surface area contributed by atoms with E-state index in [2.05, 4.69) is 0 Å². The number of hydrogen-bond donors (Lipinski definition) is 0. The van der Waals surface area contributed by atoms with Crippen LogP contribution < -0.4 is 0 Å². The van der Waals surface area contributed by atoms with Gasteiger partial charge in [-0.2, -0.15) is 4.31 Å². The molecule has 0 bridgehead atoms. The van der Waals surface area contributed by atoms with Gasteiger partial charge in [-0.3, -0.25) is 4.79 Å². The molecular formula is C20H29NO4S. The van der Waals surface area contributed by atoms with Gasteiger partial charge < -0.3 is 4.74 Å². The van der Waals surface area contributed by atoms with E-state index in [1.807, 2.05) is 0 Å². The number of ether oxygens (including phenoxy) is 1. The van der Waals surface area contributed by atoms with Crippen molar-refractivity contribution in [3.8, 4) is 0 Å². The Bertz CT molecular complexity index is 673. The summed E-state index contributed by atoms with van der Waals surface area (Å²) in [5.74, 6) is -0.310. The van der Waals surface area contributed by atoms with Crippen molar-refractivity contribution in [2.24, 2.45) is 5.92 Å². The third kappa shape index (κ3) is 4.86. The zero-order valence-corrected chi connectivity index (χ0v) is 16.1. The van der Waals surface area contributed by atoms with Crippen LogP contribution in [0.25, 0.3) is 0 Å². The molecule has 0 unspecified atom stereocenters. The third-order valence-corrected chi connectivity index (χ3v) is 7.42. The molecule has 0 N–H and O–H groups in total.